The minimum Gasteiger partial charge on any atom is -0.283 e. The Morgan fingerprint density at radius 1 is 0.944 bits per heavy atom. The van der Waals surface area contributed by atoms with E-state index in [0.29, 0.717) is 16.2 Å². The number of imidazole rings is 1. The molecule has 0 N–H and O–H groups in total. The second-order valence-corrected chi connectivity index (χ2v) is 4.68. The first kappa shape index (κ1) is 11.7. The molecular weight excluding hydrogens is 295 g/mol. The molecule has 4 nitrogen and oxygen atoms in total. The van der Waals surface area contributed by atoms with Crippen LogP contribution >= 0.6 is 34.8 Å². The Kier molecular flexibility index (Phi) is 2.86. The van der Waals surface area contributed by atoms with Gasteiger partial charge in [-0.1, -0.05) is 23.2 Å². The Labute approximate surface area is 117 Å². The van der Waals surface area contributed by atoms with Crippen molar-refractivity contribution in [2.45, 2.75) is 0 Å². The molecule has 0 bridgehead atoms. The standard InChI is InChI=1S/C11H5Cl3N4/c12-6-1-3-7(4-2-6)18-5-15-8-9(13)16-11(14)17-10(8)18/h1-5H. The highest BCUT2D eigenvalue weighted by Crippen LogP contribution is 2.23. The van der Waals surface area contributed by atoms with E-state index in [1.54, 1.807) is 23.0 Å². The van der Waals surface area contributed by atoms with Crippen LogP contribution in [0.15, 0.2) is 30.6 Å². The zero-order valence-corrected chi connectivity index (χ0v) is 11.1. The van der Waals surface area contributed by atoms with Gasteiger partial charge in [0.2, 0.25) is 5.28 Å². The molecule has 90 valence electrons. The van der Waals surface area contributed by atoms with Crippen LogP contribution in [0.2, 0.25) is 15.5 Å². The molecule has 0 atom stereocenters. The summed E-state index contributed by atoms with van der Waals surface area (Å²) in [4.78, 5) is 12.2. The van der Waals surface area contributed by atoms with Gasteiger partial charge in [-0.05, 0) is 35.9 Å². The fraction of sp³-hybridized carbons (Fsp3) is 0. The SMILES string of the molecule is Clc1ccc(-n2cnc3c(Cl)nc(Cl)nc32)cc1. The summed E-state index contributed by atoms with van der Waals surface area (Å²) in [6.07, 6.45) is 1.62. The van der Waals surface area contributed by atoms with Gasteiger partial charge >= 0.3 is 0 Å². The van der Waals surface area contributed by atoms with Gasteiger partial charge in [-0.15, -0.1) is 0 Å². The van der Waals surface area contributed by atoms with Gasteiger partial charge in [0.1, 0.15) is 11.8 Å². The molecule has 0 aliphatic heterocycles. The highest BCUT2D eigenvalue weighted by atomic mass is 35.5. The first-order chi connectivity index (χ1) is 8.65. The molecule has 0 amide bonds. The van der Waals surface area contributed by atoms with Gasteiger partial charge in [-0.25, -0.2) is 9.97 Å². The second kappa shape index (κ2) is 4.39. The number of fused-ring (bicyclic) bond motifs is 1. The minimum absolute atomic E-state index is 0.0863. The van der Waals surface area contributed by atoms with E-state index in [2.05, 4.69) is 15.0 Å². The molecule has 0 aliphatic rings. The quantitative estimate of drug-likeness (QED) is 0.507. The molecule has 18 heavy (non-hydrogen) atoms. The summed E-state index contributed by atoms with van der Waals surface area (Å²) >= 11 is 17.6. The number of nitrogens with zero attached hydrogens (tertiary/aromatic N) is 4. The number of aromatic nitrogens is 4. The third-order valence-electron chi connectivity index (χ3n) is 2.43. The van der Waals surface area contributed by atoms with Crippen LogP contribution in [0.5, 0.6) is 0 Å². The Bertz CT molecular complexity index is 721. The summed E-state index contributed by atoms with van der Waals surface area (Å²) in [5.74, 6) is 0. The number of benzene rings is 1. The summed E-state index contributed by atoms with van der Waals surface area (Å²) in [5.41, 5.74) is 1.94. The van der Waals surface area contributed by atoms with Crippen LogP contribution < -0.4 is 0 Å². The summed E-state index contributed by atoms with van der Waals surface area (Å²) in [5, 5.41) is 0.981. The molecule has 0 saturated heterocycles. The molecule has 1 aromatic carbocycles. The monoisotopic (exact) mass is 298 g/mol. The van der Waals surface area contributed by atoms with Crippen molar-refractivity contribution in [3.8, 4) is 5.69 Å². The van der Waals surface area contributed by atoms with Crippen LogP contribution in [-0.4, -0.2) is 19.5 Å². The molecule has 0 radical (unpaired) electrons. The van der Waals surface area contributed by atoms with Gasteiger partial charge in [-0.3, -0.25) is 4.57 Å². The van der Waals surface area contributed by atoms with Crippen LogP contribution in [0.25, 0.3) is 16.9 Å². The maximum absolute atomic E-state index is 5.96. The van der Waals surface area contributed by atoms with E-state index in [1.165, 1.54) is 0 Å². The predicted octanol–water partition coefficient (Wildman–Crippen LogP) is 3.78. The van der Waals surface area contributed by atoms with Crippen molar-refractivity contribution in [3.05, 3.63) is 46.1 Å². The van der Waals surface area contributed by atoms with Crippen LogP contribution in [0.1, 0.15) is 0 Å². The lowest BCUT2D eigenvalue weighted by Gasteiger charge is -2.03. The van der Waals surface area contributed by atoms with Gasteiger partial charge in [0.25, 0.3) is 0 Å². The average molecular weight is 300 g/mol. The zero-order chi connectivity index (χ0) is 12.7. The van der Waals surface area contributed by atoms with E-state index in [0.717, 1.165) is 5.69 Å². The summed E-state index contributed by atoms with van der Waals surface area (Å²) in [7, 11) is 0. The number of hydrogen-bond donors (Lipinski definition) is 0. The van der Waals surface area contributed by atoms with E-state index in [4.69, 9.17) is 34.8 Å². The number of rotatable bonds is 1. The molecule has 3 rings (SSSR count). The second-order valence-electron chi connectivity index (χ2n) is 3.55. The maximum atomic E-state index is 5.96. The Morgan fingerprint density at radius 2 is 1.67 bits per heavy atom. The Hall–Kier alpha value is -1.36. The normalized spacial score (nSPS) is 11.1. The number of halogens is 3. The molecule has 0 fully saturated rings. The molecule has 0 saturated carbocycles. The molecule has 2 heterocycles. The highest BCUT2D eigenvalue weighted by molar-refractivity contribution is 6.35. The van der Waals surface area contributed by atoms with Gasteiger partial charge in [0, 0.05) is 10.7 Å². The van der Waals surface area contributed by atoms with Crippen molar-refractivity contribution in [1.82, 2.24) is 19.5 Å². The largest absolute Gasteiger partial charge is 0.283 e. The van der Waals surface area contributed by atoms with E-state index in [-0.39, 0.29) is 10.4 Å². The van der Waals surface area contributed by atoms with Gasteiger partial charge in [0.15, 0.2) is 10.8 Å². The third kappa shape index (κ3) is 1.92. The van der Waals surface area contributed by atoms with Gasteiger partial charge in [-0.2, -0.15) is 4.98 Å². The van der Waals surface area contributed by atoms with Gasteiger partial charge < -0.3 is 0 Å². The third-order valence-corrected chi connectivity index (χ3v) is 3.12. The first-order valence-corrected chi connectivity index (χ1v) is 6.10. The molecule has 0 aliphatic carbocycles. The van der Waals surface area contributed by atoms with Crippen molar-refractivity contribution in [1.29, 1.82) is 0 Å². The lowest BCUT2D eigenvalue weighted by Crippen LogP contribution is -1.95. The fourth-order valence-corrected chi connectivity index (χ4v) is 2.18. The van der Waals surface area contributed by atoms with E-state index >= 15 is 0 Å². The Morgan fingerprint density at radius 3 is 2.39 bits per heavy atom. The molecule has 3 aromatic rings. The van der Waals surface area contributed by atoms with Crippen molar-refractivity contribution >= 4 is 46.0 Å². The van der Waals surface area contributed by atoms with Crippen molar-refractivity contribution in [2.75, 3.05) is 0 Å². The van der Waals surface area contributed by atoms with Gasteiger partial charge in [0.05, 0.1) is 0 Å². The smallest absolute Gasteiger partial charge is 0.225 e. The summed E-state index contributed by atoms with van der Waals surface area (Å²) in [6, 6.07) is 7.28. The summed E-state index contributed by atoms with van der Waals surface area (Å²) in [6.45, 7) is 0. The summed E-state index contributed by atoms with van der Waals surface area (Å²) < 4.78 is 1.77. The minimum atomic E-state index is 0.0863. The molecule has 0 spiro atoms. The van der Waals surface area contributed by atoms with Crippen molar-refractivity contribution in [2.24, 2.45) is 0 Å². The number of hydrogen-bond acceptors (Lipinski definition) is 3. The topological polar surface area (TPSA) is 43.6 Å². The van der Waals surface area contributed by atoms with Crippen molar-refractivity contribution < 1.29 is 0 Å². The molecule has 2 aromatic heterocycles. The van der Waals surface area contributed by atoms with Crippen LogP contribution in [0.4, 0.5) is 0 Å². The lowest BCUT2D eigenvalue weighted by atomic mass is 10.3. The van der Waals surface area contributed by atoms with Crippen molar-refractivity contribution in [3.63, 3.8) is 0 Å². The Balaban J connectivity index is 2.27. The lowest BCUT2D eigenvalue weighted by molar-refractivity contribution is 1.06. The van der Waals surface area contributed by atoms with E-state index in [9.17, 15) is 0 Å². The van der Waals surface area contributed by atoms with E-state index < -0.39 is 0 Å². The molecule has 0 unspecified atom stereocenters. The highest BCUT2D eigenvalue weighted by Gasteiger charge is 2.11. The van der Waals surface area contributed by atoms with Crippen LogP contribution in [-0.2, 0) is 0 Å². The van der Waals surface area contributed by atoms with Crippen LogP contribution in [0, 0.1) is 0 Å². The first-order valence-electron chi connectivity index (χ1n) is 4.97. The zero-order valence-electron chi connectivity index (χ0n) is 8.81. The predicted molar refractivity (Wildman–Crippen MR) is 71.7 cm³/mol. The molecule has 7 heteroatoms. The maximum Gasteiger partial charge on any atom is 0.225 e. The van der Waals surface area contributed by atoms with E-state index in [1.807, 2.05) is 12.1 Å². The van der Waals surface area contributed by atoms with Crippen LogP contribution in [0.3, 0.4) is 0 Å². The fourth-order valence-electron chi connectivity index (χ4n) is 1.63. The average Bonchev–Trinajstić information content (AvgIpc) is 2.74. The molecular formula is C11H5Cl3N4.